The third-order valence-electron chi connectivity index (χ3n) is 10.6. The van der Waals surface area contributed by atoms with Gasteiger partial charge in [-0.2, -0.15) is 0 Å². The van der Waals surface area contributed by atoms with Gasteiger partial charge < -0.3 is 14.2 Å². The molecule has 0 unspecified atom stereocenters. The van der Waals surface area contributed by atoms with Crippen molar-refractivity contribution < 1.29 is 22.6 Å². The lowest BCUT2D eigenvalue weighted by atomic mass is 9.80. The Kier molecular flexibility index (Phi) is 11.8. The van der Waals surface area contributed by atoms with Crippen LogP contribution < -0.4 is 27.2 Å². The van der Waals surface area contributed by atoms with Crippen LogP contribution in [0.15, 0.2) is 128 Å². The van der Waals surface area contributed by atoms with Crippen LogP contribution in [0.5, 0.6) is 0 Å². The van der Waals surface area contributed by atoms with Crippen LogP contribution in [0.4, 0.5) is 0 Å². The molecule has 2 aliphatic rings. The van der Waals surface area contributed by atoms with E-state index in [0.29, 0.717) is 0 Å². The maximum Gasteiger partial charge on any atom is 0.330 e. The van der Waals surface area contributed by atoms with E-state index in [1.807, 2.05) is 91.0 Å². The Morgan fingerprint density at radius 2 is 1.24 bits per heavy atom. The molecule has 0 bridgehead atoms. The fourth-order valence-electron chi connectivity index (χ4n) is 7.65. The van der Waals surface area contributed by atoms with E-state index in [2.05, 4.69) is 24.7 Å². The van der Waals surface area contributed by atoms with Gasteiger partial charge in [-0.15, -0.1) is 0 Å². The van der Waals surface area contributed by atoms with Gasteiger partial charge in [0, 0.05) is 41.3 Å². The summed E-state index contributed by atoms with van der Waals surface area (Å²) in [5.41, 5.74) is 8.54. The number of nitrogens with zero attached hydrogens (tertiary/aromatic N) is 5. The topological polar surface area (TPSA) is 232 Å². The maximum absolute atomic E-state index is 13.9. The minimum absolute atomic E-state index is 0.00545. The average molecular weight is 811 g/mol. The summed E-state index contributed by atoms with van der Waals surface area (Å²) in [4.78, 5) is 57.2. The lowest BCUT2D eigenvalue weighted by molar-refractivity contribution is -0.0804. The number of aromatic amines is 2. The molecule has 2 aliphatic heterocycles. The number of H-pyrrole nitrogens is 2. The molecule has 0 amide bonds. The predicted octanol–water partition coefficient (Wildman–Crippen LogP) is 3.64. The summed E-state index contributed by atoms with van der Waals surface area (Å²) in [5.74, 6) is -0.462. The van der Waals surface area contributed by atoms with Crippen molar-refractivity contribution >= 4 is 10.0 Å². The lowest BCUT2D eigenvalue weighted by Gasteiger charge is -2.37. The number of nitrogens with one attached hydrogen (secondary N) is 3. The number of benzene rings is 3. The van der Waals surface area contributed by atoms with E-state index in [-0.39, 0.29) is 37.0 Å². The fourth-order valence-corrected chi connectivity index (χ4v) is 9.02. The lowest BCUT2D eigenvalue weighted by Crippen LogP contribution is -2.45. The quantitative estimate of drug-likeness (QED) is 0.0642. The molecular formula is C40H42N8O9S. The van der Waals surface area contributed by atoms with Crippen LogP contribution in [-0.2, 0) is 29.8 Å². The molecule has 2 aromatic heterocycles. The van der Waals surface area contributed by atoms with Crippen molar-refractivity contribution in [3.63, 3.8) is 0 Å². The Labute approximate surface area is 331 Å². The van der Waals surface area contributed by atoms with E-state index in [1.54, 1.807) is 6.92 Å². The zero-order valence-corrected chi connectivity index (χ0v) is 32.4. The third kappa shape index (κ3) is 8.38. The van der Waals surface area contributed by atoms with Gasteiger partial charge in [0.25, 0.3) is 11.1 Å². The molecule has 3 aromatic carbocycles. The zero-order valence-electron chi connectivity index (χ0n) is 31.6. The Hall–Kier alpha value is -5.88. The van der Waals surface area contributed by atoms with Gasteiger partial charge in [-0.1, -0.05) is 96.1 Å². The highest BCUT2D eigenvalue weighted by Gasteiger charge is 2.44. The number of ether oxygens (including phenoxy) is 3. The Morgan fingerprint density at radius 3 is 1.72 bits per heavy atom. The molecule has 58 heavy (non-hydrogen) atoms. The highest BCUT2D eigenvalue weighted by atomic mass is 32.2. The first-order valence-electron chi connectivity index (χ1n) is 18.7. The van der Waals surface area contributed by atoms with Crippen LogP contribution in [0.1, 0.15) is 59.5 Å². The second-order valence-corrected chi connectivity index (χ2v) is 16.3. The van der Waals surface area contributed by atoms with Crippen molar-refractivity contribution in [3.05, 3.63) is 183 Å². The standard InChI is InChI=1S/C40H42N8O9S/c1-25-22-47(38(51)42-36(25)49)34-20-30(44-46-41)32(56-34)18-19-58(53,54)45-31-21-35(48-23-26(2)37(50)43-39(48)52)57-33(31)24-55-40(27-12-6-3-7-13-27,28-14-8-4-9-15-28)29-16-10-5-11-17-29/h3-17,22-23,30-35,45H,18-21,24H2,1-2H3,(H,42,49,51)(H,43,50,52)/t30-,31-,32+,33+,34+,35+/m0/s1. The van der Waals surface area contributed by atoms with E-state index in [9.17, 15) is 33.1 Å². The number of rotatable bonds is 14. The molecular weight excluding hydrogens is 769 g/mol. The molecule has 2 fully saturated rings. The molecule has 3 N–H and O–H groups in total. The molecule has 18 heteroatoms. The van der Waals surface area contributed by atoms with E-state index >= 15 is 0 Å². The van der Waals surface area contributed by atoms with E-state index in [0.717, 1.165) is 16.7 Å². The van der Waals surface area contributed by atoms with Gasteiger partial charge in [0.05, 0.1) is 36.7 Å². The number of hydrogen-bond acceptors (Lipinski definition) is 10. The van der Waals surface area contributed by atoms with Gasteiger partial charge in [-0.3, -0.25) is 28.7 Å². The Morgan fingerprint density at radius 1 is 0.776 bits per heavy atom. The number of azide groups is 1. The Balaban J connectivity index is 1.17. The van der Waals surface area contributed by atoms with Crippen molar-refractivity contribution in [2.75, 3.05) is 12.4 Å². The minimum atomic E-state index is -4.13. The molecule has 0 aliphatic carbocycles. The van der Waals surface area contributed by atoms with E-state index in [4.69, 9.17) is 14.2 Å². The van der Waals surface area contributed by atoms with E-state index < -0.39 is 80.6 Å². The summed E-state index contributed by atoms with van der Waals surface area (Å²) in [7, 11) is -4.13. The second kappa shape index (κ2) is 16.9. The van der Waals surface area contributed by atoms with Gasteiger partial charge in [-0.05, 0) is 42.5 Å². The molecule has 0 radical (unpaired) electrons. The van der Waals surface area contributed by atoms with Gasteiger partial charge in [0.1, 0.15) is 18.1 Å². The average Bonchev–Trinajstić information content (AvgIpc) is 3.81. The fraction of sp³-hybridized carbons (Fsp3) is 0.350. The largest absolute Gasteiger partial charge is 0.358 e. The molecule has 17 nitrogen and oxygen atoms in total. The van der Waals surface area contributed by atoms with Crippen LogP contribution in [0, 0.1) is 13.8 Å². The number of hydrogen-bond donors (Lipinski definition) is 3. The molecule has 5 aromatic rings. The molecule has 2 saturated heterocycles. The van der Waals surface area contributed by atoms with Gasteiger partial charge in [0.15, 0.2) is 0 Å². The summed E-state index contributed by atoms with van der Waals surface area (Å²) in [6.07, 6.45) is -1.02. The molecule has 0 saturated carbocycles. The minimum Gasteiger partial charge on any atom is -0.358 e. The van der Waals surface area contributed by atoms with Crippen LogP contribution in [0.3, 0.4) is 0 Å². The van der Waals surface area contributed by atoms with Crippen molar-refractivity contribution in [2.45, 2.75) is 75.5 Å². The molecule has 7 rings (SSSR count). The molecule has 6 atom stereocenters. The number of aryl methyl sites for hydroxylation is 2. The SMILES string of the molecule is Cc1cn([C@H]2C[C@H](N=[N+]=[N-])[C@@H](CCS(=O)(=O)N[C@H]3C[C@H](n4cc(C)c(=O)[nH]c4=O)O[C@@H]3COC(c3ccccc3)(c3ccccc3)c3ccccc3)O2)c(=O)[nH]c1=O. The van der Waals surface area contributed by atoms with Crippen molar-refractivity contribution in [1.82, 2.24) is 23.8 Å². The third-order valence-corrected chi connectivity index (χ3v) is 12.0. The predicted molar refractivity (Wildman–Crippen MR) is 213 cm³/mol. The van der Waals surface area contributed by atoms with Gasteiger partial charge >= 0.3 is 11.4 Å². The van der Waals surface area contributed by atoms with Crippen molar-refractivity contribution in [2.24, 2.45) is 5.11 Å². The molecule has 302 valence electrons. The number of sulfonamides is 1. The summed E-state index contributed by atoms with van der Waals surface area (Å²) in [6.45, 7) is 2.94. The Bertz CT molecular complexity index is 2550. The van der Waals surface area contributed by atoms with Crippen LogP contribution >= 0.6 is 0 Å². The normalized spacial score (nSPS) is 22.1. The molecule has 0 spiro atoms. The smallest absolute Gasteiger partial charge is 0.330 e. The van der Waals surface area contributed by atoms with Crippen molar-refractivity contribution in [1.29, 1.82) is 0 Å². The zero-order chi connectivity index (χ0) is 41.0. The summed E-state index contributed by atoms with van der Waals surface area (Å²) >= 11 is 0. The number of aromatic nitrogens is 4. The summed E-state index contributed by atoms with van der Waals surface area (Å²) in [6, 6.07) is 27.2. The van der Waals surface area contributed by atoms with Crippen LogP contribution in [0.25, 0.3) is 10.4 Å². The van der Waals surface area contributed by atoms with Gasteiger partial charge in [-0.25, -0.2) is 22.7 Å². The van der Waals surface area contributed by atoms with Crippen LogP contribution in [-0.4, -0.2) is 64.2 Å². The first kappa shape index (κ1) is 40.3. The monoisotopic (exact) mass is 810 g/mol. The van der Waals surface area contributed by atoms with Gasteiger partial charge in [0.2, 0.25) is 10.0 Å². The van der Waals surface area contributed by atoms with Crippen LogP contribution in [0.2, 0.25) is 0 Å². The first-order chi connectivity index (χ1) is 27.9. The highest BCUT2D eigenvalue weighted by Crippen LogP contribution is 2.42. The summed E-state index contributed by atoms with van der Waals surface area (Å²) < 4.78 is 52.6. The summed E-state index contributed by atoms with van der Waals surface area (Å²) in [5, 5.41) is 3.81. The molecule has 4 heterocycles. The second-order valence-electron chi connectivity index (χ2n) is 14.4. The maximum atomic E-state index is 13.9. The van der Waals surface area contributed by atoms with E-state index in [1.165, 1.54) is 28.5 Å². The van der Waals surface area contributed by atoms with Crippen molar-refractivity contribution in [3.8, 4) is 0 Å². The highest BCUT2D eigenvalue weighted by molar-refractivity contribution is 7.89. The first-order valence-corrected chi connectivity index (χ1v) is 20.3.